The second kappa shape index (κ2) is 7.27. The van der Waals surface area contributed by atoms with Crippen molar-refractivity contribution >= 4 is 5.91 Å². The van der Waals surface area contributed by atoms with Crippen LogP contribution in [0.5, 0.6) is 11.5 Å². The number of carbonyl (C=O) groups is 1. The van der Waals surface area contributed by atoms with Crippen molar-refractivity contribution in [3.63, 3.8) is 0 Å². The Bertz CT molecular complexity index is 480. The number of nitriles is 1. The van der Waals surface area contributed by atoms with Gasteiger partial charge in [0.2, 0.25) is 0 Å². The van der Waals surface area contributed by atoms with Gasteiger partial charge in [0.05, 0.1) is 32.3 Å². The molecule has 5 nitrogen and oxygen atoms in total. The van der Waals surface area contributed by atoms with E-state index in [2.05, 4.69) is 0 Å². The minimum absolute atomic E-state index is 0.141. The van der Waals surface area contributed by atoms with Crippen LogP contribution in [0.3, 0.4) is 0 Å². The summed E-state index contributed by atoms with van der Waals surface area (Å²) >= 11 is 0. The van der Waals surface area contributed by atoms with E-state index in [-0.39, 0.29) is 5.91 Å². The molecule has 0 heterocycles. The molecule has 102 valence electrons. The van der Waals surface area contributed by atoms with E-state index in [9.17, 15) is 4.79 Å². The van der Waals surface area contributed by atoms with E-state index in [4.69, 9.17) is 14.7 Å². The smallest absolute Gasteiger partial charge is 0.257 e. The number of methoxy groups -OCH3 is 2. The Hall–Kier alpha value is -2.22. The summed E-state index contributed by atoms with van der Waals surface area (Å²) in [4.78, 5) is 14.0. The van der Waals surface area contributed by atoms with Crippen LogP contribution in [-0.2, 0) is 0 Å². The summed E-state index contributed by atoms with van der Waals surface area (Å²) in [7, 11) is 3.07. The lowest BCUT2D eigenvalue weighted by atomic mass is 10.1. The lowest BCUT2D eigenvalue weighted by Crippen LogP contribution is -2.31. The monoisotopic (exact) mass is 262 g/mol. The Balaban J connectivity index is 3.00. The minimum Gasteiger partial charge on any atom is -0.497 e. The van der Waals surface area contributed by atoms with E-state index >= 15 is 0 Å². The zero-order chi connectivity index (χ0) is 14.3. The van der Waals surface area contributed by atoms with E-state index < -0.39 is 0 Å². The first-order chi connectivity index (χ1) is 9.17. The Labute approximate surface area is 113 Å². The van der Waals surface area contributed by atoms with Crippen LogP contribution in [-0.4, -0.2) is 38.1 Å². The van der Waals surface area contributed by atoms with Gasteiger partial charge in [-0.05, 0) is 19.1 Å². The van der Waals surface area contributed by atoms with Crippen molar-refractivity contribution in [3.8, 4) is 17.6 Å². The van der Waals surface area contributed by atoms with E-state index in [1.165, 1.54) is 7.11 Å². The number of benzene rings is 1. The molecule has 5 heteroatoms. The molecule has 0 aliphatic heterocycles. The maximum Gasteiger partial charge on any atom is 0.257 e. The van der Waals surface area contributed by atoms with Crippen LogP contribution < -0.4 is 9.47 Å². The molecule has 1 aromatic carbocycles. The van der Waals surface area contributed by atoms with Crippen LogP contribution in [0.25, 0.3) is 0 Å². The normalized spacial score (nSPS) is 9.58. The SMILES string of the molecule is CCN(CCC#N)C(=O)c1ccc(OC)cc1OC. The Morgan fingerprint density at radius 3 is 2.63 bits per heavy atom. The molecule has 0 saturated carbocycles. The molecule has 0 aromatic heterocycles. The molecule has 1 aromatic rings. The standard InChI is InChI=1S/C14H18N2O3/c1-4-16(9-5-8-15)14(17)12-7-6-11(18-2)10-13(12)19-3/h6-7,10H,4-5,9H2,1-3H3. The maximum atomic E-state index is 12.4. The number of hydrogen-bond donors (Lipinski definition) is 0. The number of amides is 1. The Morgan fingerprint density at radius 1 is 1.37 bits per heavy atom. The predicted octanol–water partition coefficient (Wildman–Crippen LogP) is 2.08. The van der Waals surface area contributed by atoms with Gasteiger partial charge in [0.15, 0.2) is 0 Å². The van der Waals surface area contributed by atoms with Gasteiger partial charge >= 0.3 is 0 Å². The van der Waals surface area contributed by atoms with Gasteiger partial charge in [-0.25, -0.2) is 0 Å². The second-order valence-corrected chi connectivity index (χ2v) is 3.86. The van der Waals surface area contributed by atoms with Crippen LogP contribution in [0.15, 0.2) is 18.2 Å². The first-order valence-electron chi connectivity index (χ1n) is 6.06. The number of hydrogen-bond acceptors (Lipinski definition) is 4. The quantitative estimate of drug-likeness (QED) is 0.787. The van der Waals surface area contributed by atoms with Crippen molar-refractivity contribution in [2.75, 3.05) is 27.3 Å². The molecular weight excluding hydrogens is 244 g/mol. The highest BCUT2D eigenvalue weighted by molar-refractivity contribution is 5.97. The van der Waals surface area contributed by atoms with Crippen LogP contribution in [0.1, 0.15) is 23.7 Å². The molecule has 0 N–H and O–H groups in total. The molecule has 0 spiro atoms. The summed E-state index contributed by atoms with van der Waals surface area (Å²) in [6.45, 7) is 2.85. The first kappa shape index (κ1) is 14.8. The summed E-state index contributed by atoms with van der Waals surface area (Å²) in [5.41, 5.74) is 0.475. The van der Waals surface area contributed by atoms with Crippen LogP contribution in [0.2, 0.25) is 0 Å². The number of rotatable bonds is 6. The molecule has 0 saturated heterocycles. The highest BCUT2D eigenvalue weighted by Gasteiger charge is 2.18. The third-order valence-electron chi connectivity index (χ3n) is 2.80. The summed E-state index contributed by atoms with van der Waals surface area (Å²) in [5, 5.41) is 8.60. The van der Waals surface area contributed by atoms with E-state index in [1.54, 1.807) is 30.2 Å². The molecule has 0 fully saturated rings. The summed E-state index contributed by atoms with van der Waals surface area (Å²) in [6, 6.07) is 7.10. The summed E-state index contributed by atoms with van der Waals surface area (Å²) in [5.74, 6) is 0.963. The lowest BCUT2D eigenvalue weighted by Gasteiger charge is -2.21. The Morgan fingerprint density at radius 2 is 2.11 bits per heavy atom. The topological polar surface area (TPSA) is 62.6 Å². The fourth-order valence-corrected chi connectivity index (χ4v) is 1.73. The zero-order valence-electron chi connectivity index (χ0n) is 11.5. The van der Waals surface area contributed by atoms with Gasteiger partial charge in [0.1, 0.15) is 11.5 Å². The van der Waals surface area contributed by atoms with Gasteiger partial charge in [-0.1, -0.05) is 0 Å². The molecule has 1 rings (SSSR count). The molecular formula is C14H18N2O3. The largest absolute Gasteiger partial charge is 0.497 e. The van der Waals surface area contributed by atoms with Crippen LogP contribution in [0.4, 0.5) is 0 Å². The molecule has 0 atom stereocenters. The first-order valence-corrected chi connectivity index (χ1v) is 6.06. The summed E-state index contributed by atoms with van der Waals surface area (Å²) < 4.78 is 10.3. The van der Waals surface area contributed by atoms with Crippen molar-refractivity contribution < 1.29 is 14.3 Å². The lowest BCUT2D eigenvalue weighted by molar-refractivity contribution is 0.0764. The van der Waals surface area contributed by atoms with Gasteiger partial charge in [-0.15, -0.1) is 0 Å². The Kier molecular flexibility index (Phi) is 5.68. The van der Waals surface area contributed by atoms with Crippen molar-refractivity contribution in [2.24, 2.45) is 0 Å². The molecule has 0 unspecified atom stereocenters. The van der Waals surface area contributed by atoms with E-state index in [0.717, 1.165) is 0 Å². The number of carbonyl (C=O) groups excluding carboxylic acids is 1. The van der Waals surface area contributed by atoms with E-state index in [1.807, 2.05) is 13.0 Å². The predicted molar refractivity (Wildman–Crippen MR) is 71.4 cm³/mol. The average Bonchev–Trinajstić information content (AvgIpc) is 2.46. The van der Waals surface area contributed by atoms with Gasteiger partial charge in [0, 0.05) is 19.2 Å². The van der Waals surface area contributed by atoms with Gasteiger partial charge in [-0.2, -0.15) is 5.26 Å². The molecule has 0 aliphatic carbocycles. The molecule has 0 aliphatic rings. The van der Waals surface area contributed by atoms with Gasteiger partial charge in [-0.3, -0.25) is 4.79 Å². The van der Waals surface area contributed by atoms with Crippen molar-refractivity contribution in [2.45, 2.75) is 13.3 Å². The average molecular weight is 262 g/mol. The van der Waals surface area contributed by atoms with Crippen molar-refractivity contribution in [1.29, 1.82) is 5.26 Å². The fourth-order valence-electron chi connectivity index (χ4n) is 1.73. The third kappa shape index (κ3) is 3.62. The summed E-state index contributed by atoms with van der Waals surface area (Å²) in [6.07, 6.45) is 0.318. The van der Waals surface area contributed by atoms with Crippen molar-refractivity contribution in [3.05, 3.63) is 23.8 Å². The maximum absolute atomic E-state index is 12.4. The fraction of sp³-hybridized carbons (Fsp3) is 0.429. The highest BCUT2D eigenvalue weighted by atomic mass is 16.5. The minimum atomic E-state index is -0.141. The molecule has 0 bridgehead atoms. The highest BCUT2D eigenvalue weighted by Crippen LogP contribution is 2.25. The number of ether oxygens (including phenoxy) is 2. The van der Waals surface area contributed by atoms with Gasteiger partial charge < -0.3 is 14.4 Å². The molecule has 1 amide bonds. The van der Waals surface area contributed by atoms with Gasteiger partial charge in [0.25, 0.3) is 5.91 Å². The zero-order valence-corrected chi connectivity index (χ0v) is 11.5. The van der Waals surface area contributed by atoms with E-state index in [0.29, 0.717) is 36.6 Å². The van der Waals surface area contributed by atoms with Crippen LogP contribution in [0, 0.1) is 11.3 Å². The molecule has 19 heavy (non-hydrogen) atoms. The second-order valence-electron chi connectivity index (χ2n) is 3.86. The number of nitrogens with zero attached hydrogens (tertiary/aromatic N) is 2. The van der Waals surface area contributed by atoms with Crippen molar-refractivity contribution in [1.82, 2.24) is 4.90 Å². The van der Waals surface area contributed by atoms with Crippen LogP contribution >= 0.6 is 0 Å². The molecule has 0 radical (unpaired) electrons. The third-order valence-corrected chi connectivity index (χ3v) is 2.80.